The number of piperazine rings is 1. The molecular formula is C21H25N3O3S. The van der Waals surface area contributed by atoms with Crippen LogP contribution in [0.3, 0.4) is 0 Å². The average Bonchev–Trinajstić information content (AvgIpc) is 2.73. The molecule has 0 atom stereocenters. The number of benzene rings is 2. The fraction of sp³-hybridized carbons (Fsp3) is 0.286. The summed E-state index contributed by atoms with van der Waals surface area (Å²) < 4.78 is 27.4. The summed E-state index contributed by atoms with van der Waals surface area (Å²) in [6.07, 6.45) is 2.11. The highest BCUT2D eigenvalue weighted by atomic mass is 32.2. The van der Waals surface area contributed by atoms with Crippen LogP contribution >= 0.6 is 0 Å². The van der Waals surface area contributed by atoms with E-state index in [1.807, 2.05) is 18.2 Å². The number of sulfonamides is 1. The second-order valence-corrected chi connectivity index (χ2v) is 8.64. The quantitative estimate of drug-likeness (QED) is 0.726. The van der Waals surface area contributed by atoms with Gasteiger partial charge in [0.05, 0.1) is 4.90 Å². The number of nitrogens with one attached hydrogen (secondary N) is 1. The van der Waals surface area contributed by atoms with Gasteiger partial charge in [-0.15, -0.1) is 0 Å². The Hall–Kier alpha value is -2.48. The van der Waals surface area contributed by atoms with Gasteiger partial charge in [0.1, 0.15) is 0 Å². The molecule has 1 fully saturated rings. The van der Waals surface area contributed by atoms with Crippen LogP contribution in [0.25, 0.3) is 0 Å². The Morgan fingerprint density at radius 2 is 1.75 bits per heavy atom. The molecular weight excluding hydrogens is 374 g/mol. The minimum atomic E-state index is -3.59. The molecule has 7 heteroatoms. The Kier molecular flexibility index (Phi) is 6.61. The topological polar surface area (TPSA) is 69.7 Å². The summed E-state index contributed by atoms with van der Waals surface area (Å²) in [5.74, 6) is -0.374. The van der Waals surface area contributed by atoms with Gasteiger partial charge in [-0.2, -0.15) is 4.31 Å². The van der Waals surface area contributed by atoms with Gasteiger partial charge < -0.3 is 10.2 Å². The number of rotatable bonds is 7. The maximum Gasteiger partial charge on any atom is 0.247 e. The van der Waals surface area contributed by atoms with Crippen LogP contribution in [0.5, 0.6) is 0 Å². The Morgan fingerprint density at radius 1 is 1.04 bits per heavy atom. The standard InChI is InChI=1S/C21H25N3O3S/c1-2-21(25)22-19-9-6-10-20(17-19)28(26,27)24-15-13-23(14-16-24)12-11-18-7-4-3-5-8-18/h2-10,17H,1,11-16H2,(H,22,25). The number of nitrogens with zero attached hydrogens (tertiary/aromatic N) is 2. The van der Waals surface area contributed by atoms with Crippen molar-refractivity contribution in [3.05, 3.63) is 72.8 Å². The molecule has 1 N–H and O–H groups in total. The van der Waals surface area contributed by atoms with Crippen LogP contribution in [0.1, 0.15) is 5.56 Å². The van der Waals surface area contributed by atoms with Crippen molar-refractivity contribution in [2.24, 2.45) is 0 Å². The van der Waals surface area contributed by atoms with Gasteiger partial charge in [-0.1, -0.05) is 43.0 Å². The Labute approximate surface area is 166 Å². The maximum atomic E-state index is 13.0. The van der Waals surface area contributed by atoms with Crippen LogP contribution in [0.15, 0.2) is 72.1 Å². The molecule has 0 spiro atoms. The van der Waals surface area contributed by atoms with Crippen LogP contribution in [0.2, 0.25) is 0 Å². The molecule has 2 aromatic rings. The summed E-state index contributed by atoms with van der Waals surface area (Å²) in [5.41, 5.74) is 1.73. The molecule has 0 aliphatic carbocycles. The van der Waals surface area contributed by atoms with Crippen molar-refractivity contribution < 1.29 is 13.2 Å². The SMILES string of the molecule is C=CC(=O)Nc1cccc(S(=O)(=O)N2CCN(CCc3ccccc3)CC2)c1. The monoisotopic (exact) mass is 399 g/mol. The highest BCUT2D eigenvalue weighted by molar-refractivity contribution is 7.89. The third-order valence-corrected chi connectivity index (χ3v) is 6.71. The average molecular weight is 400 g/mol. The first-order valence-corrected chi connectivity index (χ1v) is 10.7. The van der Waals surface area contributed by atoms with Crippen LogP contribution in [-0.2, 0) is 21.2 Å². The zero-order valence-corrected chi connectivity index (χ0v) is 16.6. The van der Waals surface area contributed by atoms with Gasteiger partial charge >= 0.3 is 0 Å². The first kappa shape index (κ1) is 20.3. The van der Waals surface area contributed by atoms with Gasteiger partial charge in [0.15, 0.2) is 0 Å². The molecule has 0 radical (unpaired) electrons. The fourth-order valence-corrected chi connectivity index (χ4v) is 4.67. The first-order chi connectivity index (χ1) is 13.5. The third-order valence-electron chi connectivity index (χ3n) is 4.82. The summed E-state index contributed by atoms with van der Waals surface area (Å²) in [4.78, 5) is 13.9. The molecule has 6 nitrogen and oxygen atoms in total. The van der Waals surface area contributed by atoms with E-state index in [9.17, 15) is 13.2 Å². The molecule has 3 rings (SSSR count). The van der Waals surface area contributed by atoms with E-state index in [-0.39, 0.29) is 10.8 Å². The predicted octanol–water partition coefficient (Wildman–Crippen LogP) is 2.36. The molecule has 148 valence electrons. The van der Waals surface area contributed by atoms with Crippen molar-refractivity contribution in [2.45, 2.75) is 11.3 Å². The van der Waals surface area contributed by atoms with Gasteiger partial charge in [-0.3, -0.25) is 4.79 Å². The molecule has 28 heavy (non-hydrogen) atoms. The molecule has 2 aromatic carbocycles. The van der Waals surface area contributed by atoms with E-state index >= 15 is 0 Å². The molecule has 1 heterocycles. The Morgan fingerprint density at radius 3 is 2.43 bits per heavy atom. The Bertz CT molecular complexity index is 921. The molecule has 0 unspecified atom stereocenters. The van der Waals surface area contributed by atoms with Gasteiger partial charge in [0, 0.05) is 38.4 Å². The highest BCUT2D eigenvalue weighted by Gasteiger charge is 2.28. The van der Waals surface area contributed by atoms with Crippen LogP contribution < -0.4 is 5.32 Å². The van der Waals surface area contributed by atoms with E-state index in [1.54, 1.807) is 18.2 Å². The van der Waals surface area contributed by atoms with Crippen molar-refractivity contribution in [2.75, 3.05) is 38.0 Å². The Balaban J connectivity index is 1.59. The highest BCUT2D eigenvalue weighted by Crippen LogP contribution is 2.21. The molecule has 0 aromatic heterocycles. The predicted molar refractivity (Wildman–Crippen MR) is 111 cm³/mol. The van der Waals surface area contributed by atoms with E-state index in [0.717, 1.165) is 19.0 Å². The van der Waals surface area contributed by atoms with Crippen molar-refractivity contribution in [1.29, 1.82) is 0 Å². The lowest BCUT2D eigenvalue weighted by Crippen LogP contribution is -2.49. The molecule has 1 aliphatic rings. The van der Waals surface area contributed by atoms with Crippen LogP contribution in [0, 0.1) is 0 Å². The summed E-state index contributed by atoms with van der Waals surface area (Å²) in [6, 6.07) is 16.6. The molecule has 1 saturated heterocycles. The summed E-state index contributed by atoms with van der Waals surface area (Å²) in [5, 5.41) is 2.60. The van der Waals surface area contributed by atoms with E-state index in [4.69, 9.17) is 0 Å². The lowest BCUT2D eigenvalue weighted by Gasteiger charge is -2.34. The second kappa shape index (κ2) is 9.14. The van der Waals surface area contributed by atoms with Gasteiger partial charge in [0.25, 0.3) is 0 Å². The lowest BCUT2D eigenvalue weighted by atomic mass is 10.1. The van der Waals surface area contributed by atoms with Crippen molar-refractivity contribution in [3.8, 4) is 0 Å². The van der Waals surface area contributed by atoms with Crippen molar-refractivity contribution in [1.82, 2.24) is 9.21 Å². The minimum absolute atomic E-state index is 0.187. The van der Waals surface area contributed by atoms with Gasteiger partial charge in [0.2, 0.25) is 15.9 Å². The number of carbonyl (C=O) groups excluding carboxylic acids is 1. The number of anilines is 1. The fourth-order valence-electron chi connectivity index (χ4n) is 3.20. The molecule has 0 saturated carbocycles. The molecule has 1 aliphatic heterocycles. The zero-order valence-electron chi connectivity index (χ0n) is 15.8. The van der Waals surface area contributed by atoms with E-state index in [0.29, 0.717) is 31.9 Å². The second-order valence-electron chi connectivity index (χ2n) is 6.70. The summed E-state index contributed by atoms with van der Waals surface area (Å²) in [7, 11) is -3.59. The molecule has 0 bridgehead atoms. The van der Waals surface area contributed by atoms with Crippen molar-refractivity contribution in [3.63, 3.8) is 0 Å². The maximum absolute atomic E-state index is 13.0. The lowest BCUT2D eigenvalue weighted by molar-refractivity contribution is -0.111. The normalized spacial score (nSPS) is 15.9. The smallest absolute Gasteiger partial charge is 0.247 e. The van der Waals surface area contributed by atoms with E-state index < -0.39 is 10.0 Å². The van der Waals surface area contributed by atoms with E-state index in [1.165, 1.54) is 15.9 Å². The zero-order chi connectivity index (χ0) is 20.0. The summed E-state index contributed by atoms with van der Waals surface area (Å²) in [6.45, 7) is 6.65. The van der Waals surface area contributed by atoms with Gasteiger partial charge in [-0.25, -0.2) is 8.42 Å². The molecule has 1 amide bonds. The number of hydrogen-bond donors (Lipinski definition) is 1. The van der Waals surface area contributed by atoms with Crippen LogP contribution in [0.4, 0.5) is 5.69 Å². The minimum Gasteiger partial charge on any atom is -0.322 e. The number of hydrogen-bond acceptors (Lipinski definition) is 4. The first-order valence-electron chi connectivity index (χ1n) is 9.29. The third kappa shape index (κ3) is 5.07. The van der Waals surface area contributed by atoms with Crippen LogP contribution in [-0.4, -0.2) is 56.3 Å². The number of amides is 1. The number of carbonyl (C=O) groups is 1. The van der Waals surface area contributed by atoms with Crippen molar-refractivity contribution >= 4 is 21.6 Å². The van der Waals surface area contributed by atoms with Gasteiger partial charge in [-0.05, 0) is 36.3 Å². The summed E-state index contributed by atoms with van der Waals surface area (Å²) >= 11 is 0. The van der Waals surface area contributed by atoms with E-state index in [2.05, 4.69) is 28.9 Å². The largest absolute Gasteiger partial charge is 0.322 e.